The van der Waals surface area contributed by atoms with Gasteiger partial charge < -0.3 is 15.0 Å². The van der Waals surface area contributed by atoms with Crippen molar-refractivity contribution in [1.82, 2.24) is 10.3 Å². The minimum Gasteiger partial charge on any atom is -0.496 e. The number of benzene rings is 2. The second-order valence-electron chi connectivity index (χ2n) is 8.07. The fourth-order valence-corrected chi connectivity index (χ4v) is 5.47. The van der Waals surface area contributed by atoms with Crippen molar-refractivity contribution in [2.75, 3.05) is 13.7 Å². The fourth-order valence-electron chi connectivity index (χ4n) is 4.67. The molecule has 2 aromatic heterocycles. The van der Waals surface area contributed by atoms with Crippen LogP contribution in [-0.2, 0) is 6.42 Å². The number of rotatable bonds is 6. The van der Waals surface area contributed by atoms with Crippen molar-refractivity contribution in [2.45, 2.75) is 38.1 Å². The number of pyridine rings is 1. The smallest absolute Gasteiger partial charge is 0.266 e. The number of nitrogens with one attached hydrogen (secondary N) is 2. The Labute approximate surface area is 179 Å². The van der Waals surface area contributed by atoms with Crippen molar-refractivity contribution >= 4 is 32.3 Å². The number of H-pyrrole nitrogens is 1. The highest BCUT2D eigenvalue weighted by atomic mass is 32.1. The summed E-state index contributed by atoms with van der Waals surface area (Å²) in [5.41, 5.74) is 4.27. The van der Waals surface area contributed by atoms with Gasteiger partial charge in [-0.25, -0.2) is 0 Å². The highest BCUT2D eigenvalue weighted by Crippen LogP contribution is 2.40. The van der Waals surface area contributed by atoms with Crippen molar-refractivity contribution in [1.29, 1.82) is 0 Å². The lowest BCUT2D eigenvalue weighted by Gasteiger charge is -2.14. The highest BCUT2D eigenvalue weighted by molar-refractivity contribution is 7.17. The predicted octanol–water partition coefficient (Wildman–Crippen LogP) is 5.49. The lowest BCUT2D eigenvalue weighted by molar-refractivity contribution is 0.417. The summed E-state index contributed by atoms with van der Waals surface area (Å²) in [6.07, 6.45) is 6.40. The summed E-state index contributed by atoms with van der Waals surface area (Å²) in [6, 6.07) is 15.4. The number of hydrogen-bond donors (Lipinski definition) is 2. The summed E-state index contributed by atoms with van der Waals surface area (Å²) in [4.78, 5) is 15.5. The van der Waals surface area contributed by atoms with Gasteiger partial charge in [0.15, 0.2) is 0 Å². The standard InChI is InChI=1S/C25H26N2O2S/c1-29-21-11-10-20-23(19-13-15-30-24(19)25(28)27-20)22(21)17-8-6-16(7-9-17)12-14-26-18-4-2-3-5-18/h6-11,13,15,18,26H,2-5,12,14H2,1H3,(H,27,28). The Balaban J connectivity index is 1.50. The molecule has 5 rings (SSSR count). The summed E-state index contributed by atoms with van der Waals surface area (Å²) in [5.74, 6) is 0.817. The molecule has 2 N–H and O–H groups in total. The third-order valence-corrected chi connectivity index (χ3v) is 7.13. The highest BCUT2D eigenvalue weighted by Gasteiger charge is 2.16. The first kappa shape index (κ1) is 19.3. The minimum atomic E-state index is -0.0336. The van der Waals surface area contributed by atoms with Gasteiger partial charge in [-0.15, -0.1) is 11.3 Å². The second-order valence-corrected chi connectivity index (χ2v) is 8.98. The number of aromatic amines is 1. The van der Waals surface area contributed by atoms with E-state index in [0.29, 0.717) is 6.04 Å². The Kier molecular flexibility index (Phi) is 5.32. The Bertz CT molecular complexity index is 1230. The molecule has 30 heavy (non-hydrogen) atoms. The summed E-state index contributed by atoms with van der Waals surface area (Å²) < 4.78 is 6.47. The zero-order chi connectivity index (χ0) is 20.5. The normalized spacial score (nSPS) is 14.7. The molecule has 5 heteroatoms. The Morgan fingerprint density at radius 1 is 1.10 bits per heavy atom. The van der Waals surface area contributed by atoms with Crippen LogP contribution in [0.25, 0.3) is 32.1 Å². The van der Waals surface area contributed by atoms with Crippen molar-refractivity contribution < 1.29 is 4.74 Å². The van der Waals surface area contributed by atoms with Crippen LogP contribution in [-0.4, -0.2) is 24.7 Å². The topological polar surface area (TPSA) is 54.1 Å². The Hall–Kier alpha value is -2.63. The molecule has 0 spiro atoms. The van der Waals surface area contributed by atoms with E-state index in [1.807, 2.05) is 23.6 Å². The molecule has 2 heterocycles. The SMILES string of the molecule is COc1ccc2[nH]c(=O)c3sccc3c2c1-c1ccc(CCNC2CCCC2)cc1. The number of fused-ring (bicyclic) bond motifs is 3. The second kappa shape index (κ2) is 8.25. The first-order chi connectivity index (χ1) is 14.7. The van der Waals surface area contributed by atoms with Gasteiger partial charge in [0, 0.05) is 27.9 Å². The maximum absolute atomic E-state index is 12.4. The van der Waals surface area contributed by atoms with Crippen LogP contribution < -0.4 is 15.6 Å². The van der Waals surface area contributed by atoms with E-state index < -0.39 is 0 Å². The number of methoxy groups -OCH3 is 1. The van der Waals surface area contributed by atoms with Crippen molar-refractivity contribution in [3.8, 4) is 16.9 Å². The molecule has 1 aliphatic rings. The van der Waals surface area contributed by atoms with Crippen molar-refractivity contribution in [3.05, 3.63) is 63.8 Å². The van der Waals surface area contributed by atoms with Gasteiger partial charge >= 0.3 is 0 Å². The number of ether oxygens (including phenoxy) is 1. The van der Waals surface area contributed by atoms with E-state index >= 15 is 0 Å². The molecule has 0 atom stereocenters. The molecule has 0 aliphatic heterocycles. The van der Waals surface area contributed by atoms with E-state index in [4.69, 9.17) is 4.74 Å². The summed E-state index contributed by atoms with van der Waals surface area (Å²) >= 11 is 1.48. The van der Waals surface area contributed by atoms with Crippen LogP contribution in [0.1, 0.15) is 31.2 Å². The van der Waals surface area contributed by atoms with Gasteiger partial charge in [-0.2, -0.15) is 0 Å². The van der Waals surface area contributed by atoms with Crippen LogP contribution in [0.5, 0.6) is 5.75 Å². The largest absolute Gasteiger partial charge is 0.496 e. The zero-order valence-corrected chi connectivity index (χ0v) is 18.0. The first-order valence-electron chi connectivity index (χ1n) is 10.7. The van der Waals surface area contributed by atoms with Gasteiger partial charge in [0.25, 0.3) is 5.56 Å². The van der Waals surface area contributed by atoms with E-state index in [1.54, 1.807) is 7.11 Å². The first-order valence-corrected chi connectivity index (χ1v) is 11.6. The molecule has 0 bridgehead atoms. The van der Waals surface area contributed by atoms with Crippen molar-refractivity contribution in [2.24, 2.45) is 0 Å². The molecule has 154 valence electrons. The van der Waals surface area contributed by atoms with Gasteiger partial charge in [0.05, 0.1) is 7.11 Å². The van der Waals surface area contributed by atoms with Gasteiger partial charge in [-0.05, 0) is 60.5 Å². The van der Waals surface area contributed by atoms with Crippen LogP contribution in [0.4, 0.5) is 0 Å². The molecular formula is C25H26N2O2S. The maximum atomic E-state index is 12.4. The lowest BCUT2D eigenvalue weighted by atomic mass is 9.96. The van der Waals surface area contributed by atoms with E-state index in [0.717, 1.165) is 50.8 Å². The van der Waals surface area contributed by atoms with E-state index in [1.165, 1.54) is 42.6 Å². The van der Waals surface area contributed by atoms with E-state index in [2.05, 4.69) is 34.6 Å². The molecule has 0 radical (unpaired) electrons. The maximum Gasteiger partial charge on any atom is 0.266 e. The summed E-state index contributed by atoms with van der Waals surface area (Å²) in [7, 11) is 1.70. The molecule has 0 unspecified atom stereocenters. The molecule has 4 aromatic rings. The van der Waals surface area contributed by atoms with Crippen molar-refractivity contribution in [3.63, 3.8) is 0 Å². The van der Waals surface area contributed by atoms with Crippen LogP contribution in [0, 0.1) is 0 Å². The van der Waals surface area contributed by atoms with Crippen LogP contribution >= 0.6 is 11.3 Å². The molecule has 1 fully saturated rings. The zero-order valence-electron chi connectivity index (χ0n) is 17.2. The Morgan fingerprint density at radius 2 is 1.90 bits per heavy atom. The molecule has 4 nitrogen and oxygen atoms in total. The average molecular weight is 419 g/mol. The molecule has 0 saturated heterocycles. The molecule has 2 aromatic carbocycles. The van der Waals surface area contributed by atoms with E-state index in [-0.39, 0.29) is 5.56 Å². The van der Waals surface area contributed by atoms with Crippen LogP contribution in [0.15, 0.2) is 52.6 Å². The predicted molar refractivity (Wildman–Crippen MR) is 126 cm³/mol. The number of thiophene rings is 1. The third-order valence-electron chi connectivity index (χ3n) is 6.22. The van der Waals surface area contributed by atoms with Crippen LogP contribution in [0.3, 0.4) is 0 Å². The fraction of sp³-hybridized carbons (Fsp3) is 0.320. The number of hydrogen-bond acceptors (Lipinski definition) is 4. The average Bonchev–Trinajstić information content (AvgIpc) is 3.46. The quantitative estimate of drug-likeness (QED) is 0.435. The molecule has 0 amide bonds. The van der Waals surface area contributed by atoms with Gasteiger partial charge in [0.2, 0.25) is 0 Å². The molecule has 1 saturated carbocycles. The van der Waals surface area contributed by atoms with E-state index in [9.17, 15) is 4.79 Å². The third kappa shape index (κ3) is 3.53. The molecule has 1 aliphatic carbocycles. The summed E-state index contributed by atoms with van der Waals surface area (Å²) in [5, 5.41) is 7.69. The van der Waals surface area contributed by atoms with Gasteiger partial charge in [0.1, 0.15) is 10.4 Å². The van der Waals surface area contributed by atoms with Gasteiger partial charge in [-0.3, -0.25) is 4.79 Å². The monoisotopic (exact) mass is 418 g/mol. The lowest BCUT2D eigenvalue weighted by Crippen LogP contribution is -2.27. The Morgan fingerprint density at radius 3 is 2.67 bits per heavy atom. The summed E-state index contributed by atoms with van der Waals surface area (Å²) in [6.45, 7) is 1.03. The van der Waals surface area contributed by atoms with Crippen LogP contribution in [0.2, 0.25) is 0 Å². The number of aromatic nitrogens is 1. The van der Waals surface area contributed by atoms with Gasteiger partial charge in [-0.1, -0.05) is 37.1 Å². The molecular weight excluding hydrogens is 392 g/mol. The minimum absolute atomic E-state index is 0.0336.